The molecular weight excluding hydrogens is 104 g/mol. The normalized spacial score (nSPS) is 37.3. The largest absolute Gasteiger partial charge is 0.153 e. The molecule has 1 rings (SSSR count). The third kappa shape index (κ3) is 1.12. The van der Waals surface area contributed by atoms with Crippen molar-refractivity contribution >= 4 is 11.8 Å². The summed E-state index contributed by atoms with van der Waals surface area (Å²) in [6.45, 7) is 6.89. The zero-order chi connectivity index (χ0) is 5.49. The van der Waals surface area contributed by atoms with E-state index >= 15 is 0 Å². The van der Waals surface area contributed by atoms with Crippen molar-refractivity contribution in [3.05, 3.63) is 0 Å². The Hall–Kier alpha value is 0.350. The highest BCUT2D eigenvalue weighted by Crippen LogP contribution is 2.45. The van der Waals surface area contributed by atoms with Gasteiger partial charge in [0.05, 0.1) is 0 Å². The van der Waals surface area contributed by atoms with E-state index in [9.17, 15) is 0 Å². The average Bonchev–Trinajstić information content (AvgIpc) is 1.27. The summed E-state index contributed by atoms with van der Waals surface area (Å²) in [5.41, 5.74) is 0. The van der Waals surface area contributed by atoms with Crippen LogP contribution < -0.4 is 0 Å². The van der Waals surface area contributed by atoms with Gasteiger partial charge in [-0.1, -0.05) is 20.8 Å². The molecule has 1 atom stereocenters. The molecule has 0 amide bonds. The molecule has 0 radical (unpaired) electrons. The van der Waals surface area contributed by atoms with E-state index in [2.05, 4.69) is 32.5 Å². The molecule has 1 aliphatic heterocycles. The zero-order valence-electron chi connectivity index (χ0n) is 5.19. The number of hydrogen-bond donors (Lipinski definition) is 0. The first-order chi connectivity index (χ1) is 3.10. The van der Waals surface area contributed by atoms with E-state index in [-0.39, 0.29) is 0 Å². The molecule has 7 heavy (non-hydrogen) atoms. The van der Waals surface area contributed by atoms with Crippen LogP contribution in [-0.2, 0) is 0 Å². The van der Waals surface area contributed by atoms with Gasteiger partial charge < -0.3 is 0 Å². The minimum Gasteiger partial charge on any atom is -0.153 e. The lowest BCUT2D eigenvalue weighted by Gasteiger charge is -2.39. The van der Waals surface area contributed by atoms with Crippen LogP contribution in [0, 0.1) is 0 Å². The first-order valence-corrected chi connectivity index (χ1v) is 3.66. The van der Waals surface area contributed by atoms with Crippen LogP contribution in [0.4, 0.5) is 0 Å². The van der Waals surface area contributed by atoms with E-state index in [1.807, 2.05) is 0 Å². The van der Waals surface area contributed by atoms with E-state index in [1.54, 1.807) is 0 Å². The van der Waals surface area contributed by atoms with Crippen LogP contribution in [0.15, 0.2) is 0 Å². The van der Waals surface area contributed by atoms with E-state index in [0.717, 1.165) is 5.25 Å². The monoisotopic (exact) mass is 116 g/mol. The third-order valence-corrected chi connectivity index (χ3v) is 2.67. The molecular formula is C6H12S. The maximum absolute atomic E-state index is 2.30. The molecule has 1 heterocycles. The first-order valence-electron chi connectivity index (χ1n) is 2.78. The van der Waals surface area contributed by atoms with Crippen LogP contribution in [-0.4, -0.2) is 10.00 Å². The Balaban J connectivity index is 2.29. The van der Waals surface area contributed by atoms with Gasteiger partial charge in [0.2, 0.25) is 0 Å². The molecule has 0 bridgehead atoms. The van der Waals surface area contributed by atoms with E-state index in [0.29, 0.717) is 4.75 Å². The highest BCUT2D eigenvalue weighted by atomic mass is 32.2. The van der Waals surface area contributed by atoms with Crippen LogP contribution in [0.3, 0.4) is 0 Å². The van der Waals surface area contributed by atoms with Gasteiger partial charge in [-0.15, -0.1) is 0 Å². The Bertz CT molecular complexity index is 68.2. The molecule has 1 saturated heterocycles. The van der Waals surface area contributed by atoms with Crippen LogP contribution in [0.1, 0.15) is 27.2 Å². The Morgan fingerprint density at radius 2 is 2.00 bits per heavy atom. The highest BCUT2D eigenvalue weighted by Gasteiger charge is 2.33. The van der Waals surface area contributed by atoms with Crippen LogP contribution in [0.2, 0.25) is 0 Å². The lowest BCUT2D eigenvalue weighted by molar-refractivity contribution is 0.580. The summed E-state index contributed by atoms with van der Waals surface area (Å²) in [7, 11) is 0. The van der Waals surface area contributed by atoms with E-state index in [4.69, 9.17) is 0 Å². The summed E-state index contributed by atoms with van der Waals surface area (Å²) in [4.78, 5) is 0. The SMILES string of the molecule is CC1CC(C)(C)S1. The van der Waals surface area contributed by atoms with Gasteiger partial charge in [-0.2, -0.15) is 11.8 Å². The predicted molar refractivity (Wildman–Crippen MR) is 35.7 cm³/mol. The maximum Gasteiger partial charge on any atom is 0.0116 e. The molecule has 0 aromatic carbocycles. The summed E-state index contributed by atoms with van der Waals surface area (Å²) in [6.07, 6.45) is 1.40. The molecule has 1 unspecified atom stereocenters. The predicted octanol–water partition coefficient (Wildman–Crippen LogP) is 2.29. The second-order valence-corrected chi connectivity index (χ2v) is 5.04. The minimum atomic E-state index is 0.611. The Morgan fingerprint density at radius 3 is 2.00 bits per heavy atom. The standard InChI is InChI=1S/C6H12S/c1-5-4-6(2,3)7-5/h5H,4H2,1-3H3. The van der Waals surface area contributed by atoms with Crippen molar-refractivity contribution < 1.29 is 0 Å². The van der Waals surface area contributed by atoms with Crippen molar-refractivity contribution in [2.24, 2.45) is 0 Å². The quantitative estimate of drug-likeness (QED) is 0.468. The van der Waals surface area contributed by atoms with Crippen molar-refractivity contribution in [1.29, 1.82) is 0 Å². The Labute approximate surface area is 49.7 Å². The Kier molecular flexibility index (Phi) is 1.11. The fourth-order valence-corrected chi connectivity index (χ4v) is 2.87. The molecule has 0 spiro atoms. The maximum atomic E-state index is 2.30. The van der Waals surface area contributed by atoms with Gasteiger partial charge in [-0.3, -0.25) is 0 Å². The third-order valence-electron chi connectivity index (χ3n) is 1.30. The second kappa shape index (κ2) is 1.41. The smallest absolute Gasteiger partial charge is 0.0116 e. The molecule has 1 aliphatic rings. The molecule has 0 aromatic rings. The Morgan fingerprint density at radius 1 is 1.57 bits per heavy atom. The average molecular weight is 116 g/mol. The lowest BCUT2D eigenvalue weighted by Crippen LogP contribution is -2.32. The van der Waals surface area contributed by atoms with Gasteiger partial charge in [0.15, 0.2) is 0 Å². The zero-order valence-corrected chi connectivity index (χ0v) is 6.01. The molecule has 0 N–H and O–H groups in total. The highest BCUT2D eigenvalue weighted by molar-refractivity contribution is 8.02. The first kappa shape index (κ1) is 5.49. The second-order valence-electron chi connectivity index (χ2n) is 2.89. The molecule has 1 fully saturated rings. The lowest BCUT2D eigenvalue weighted by atomic mass is 10.1. The van der Waals surface area contributed by atoms with Gasteiger partial charge in [-0.05, 0) is 6.42 Å². The molecule has 0 aromatic heterocycles. The fraction of sp³-hybridized carbons (Fsp3) is 1.00. The van der Waals surface area contributed by atoms with Gasteiger partial charge in [0.25, 0.3) is 0 Å². The number of rotatable bonds is 0. The summed E-state index contributed by atoms with van der Waals surface area (Å²) >= 11 is 2.09. The summed E-state index contributed by atoms with van der Waals surface area (Å²) in [6, 6.07) is 0. The van der Waals surface area contributed by atoms with Gasteiger partial charge in [-0.25, -0.2) is 0 Å². The van der Waals surface area contributed by atoms with Gasteiger partial charge >= 0.3 is 0 Å². The summed E-state index contributed by atoms with van der Waals surface area (Å²) < 4.78 is 0.611. The molecule has 0 aliphatic carbocycles. The van der Waals surface area contributed by atoms with E-state index < -0.39 is 0 Å². The van der Waals surface area contributed by atoms with Crippen molar-refractivity contribution in [2.75, 3.05) is 0 Å². The number of thioether (sulfide) groups is 1. The van der Waals surface area contributed by atoms with Crippen molar-refractivity contribution in [1.82, 2.24) is 0 Å². The fourth-order valence-electron chi connectivity index (χ4n) is 1.23. The van der Waals surface area contributed by atoms with Crippen molar-refractivity contribution in [2.45, 2.75) is 37.2 Å². The van der Waals surface area contributed by atoms with Crippen LogP contribution in [0.25, 0.3) is 0 Å². The topological polar surface area (TPSA) is 0 Å². The minimum absolute atomic E-state index is 0.611. The van der Waals surface area contributed by atoms with Crippen LogP contribution in [0.5, 0.6) is 0 Å². The van der Waals surface area contributed by atoms with Gasteiger partial charge in [0.1, 0.15) is 0 Å². The molecule has 42 valence electrons. The molecule has 0 nitrogen and oxygen atoms in total. The van der Waals surface area contributed by atoms with Crippen molar-refractivity contribution in [3.63, 3.8) is 0 Å². The molecule has 1 heteroatoms. The summed E-state index contributed by atoms with van der Waals surface area (Å²) in [5, 5.41) is 0.926. The number of hydrogen-bond acceptors (Lipinski definition) is 1. The van der Waals surface area contributed by atoms with Gasteiger partial charge in [0, 0.05) is 10.00 Å². The van der Waals surface area contributed by atoms with Crippen molar-refractivity contribution in [3.8, 4) is 0 Å². The van der Waals surface area contributed by atoms with Crippen LogP contribution >= 0.6 is 11.8 Å². The molecule has 0 saturated carbocycles. The summed E-state index contributed by atoms with van der Waals surface area (Å²) in [5.74, 6) is 0. The van der Waals surface area contributed by atoms with E-state index in [1.165, 1.54) is 6.42 Å².